The molecule has 0 amide bonds. The van der Waals surface area contributed by atoms with Gasteiger partial charge >= 0.3 is 5.97 Å². The predicted octanol–water partition coefficient (Wildman–Crippen LogP) is 3.21. The largest absolute Gasteiger partial charge is 0.489 e. The van der Waals surface area contributed by atoms with Crippen LogP contribution < -0.4 is 9.47 Å². The zero-order valence-corrected chi connectivity index (χ0v) is 17.8. The van der Waals surface area contributed by atoms with Crippen LogP contribution in [0.5, 0.6) is 11.6 Å². The highest BCUT2D eigenvalue weighted by atomic mass is 19.3. The van der Waals surface area contributed by atoms with Crippen molar-refractivity contribution in [2.75, 3.05) is 0 Å². The summed E-state index contributed by atoms with van der Waals surface area (Å²) in [5.41, 5.74) is 1.14. The second-order valence-corrected chi connectivity index (χ2v) is 7.70. The van der Waals surface area contributed by atoms with Crippen molar-refractivity contribution < 1.29 is 28.2 Å². The van der Waals surface area contributed by atoms with Gasteiger partial charge in [-0.1, -0.05) is 5.21 Å². The molecule has 4 rings (SSSR count). The number of pyridine rings is 1. The van der Waals surface area contributed by atoms with Crippen LogP contribution in [0.4, 0.5) is 8.78 Å². The van der Waals surface area contributed by atoms with Gasteiger partial charge in [0.25, 0.3) is 6.43 Å². The molecule has 33 heavy (non-hydrogen) atoms. The molecule has 3 heterocycles. The lowest BCUT2D eigenvalue weighted by Crippen LogP contribution is -2.29. The standard InChI is InChI=1S/C21H22F2N6O4/c1-29-17(10-32-18-8-16(20(22)23)25-11-26-18)19(27-28-29)15-6-5-14(9-24-15)33-13-4-2-3-12(7-13)21(30)31/h5-6,8-9,11-13,20H,2-4,7,10H2,1H3,(H,30,31)/t12-,13-/m0/s1. The summed E-state index contributed by atoms with van der Waals surface area (Å²) < 4.78 is 38.6. The average Bonchev–Trinajstić information content (AvgIpc) is 3.18. The Bertz CT molecular complexity index is 1110. The Labute approximate surface area is 187 Å². The minimum atomic E-state index is -2.72. The molecule has 174 valence electrons. The maximum absolute atomic E-state index is 12.8. The predicted molar refractivity (Wildman–Crippen MR) is 110 cm³/mol. The number of carboxylic acids is 1. The molecule has 10 nitrogen and oxygen atoms in total. The van der Waals surface area contributed by atoms with Crippen LogP contribution in [0.2, 0.25) is 0 Å². The van der Waals surface area contributed by atoms with Crippen molar-refractivity contribution in [2.24, 2.45) is 13.0 Å². The summed E-state index contributed by atoms with van der Waals surface area (Å²) >= 11 is 0. The van der Waals surface area contributed by atoms with E-state index in [2.05, 4.69) is 25.3 Å². The molecule has 3 aromatic heterocycles. The highest BCUT2D eigenvalue weighted by Gasteiger charge is 2.28. The van der Waals surface area contributed by atoms with Gasteiger partial charge in [-0.15, -0.1) is 5.10 Å². The number of aliphatic carboxylic acids is 1. The lowest BCUT2D eigenvalue weighted by atomic mass is 9.87. The highest BCUT2D eigenvalue weighted by molar-refractivity contribution is 5.70. The maximum atomic E-state index is 12.8. The molecule has 0 unspecified atom stereocenters. The number of carboxylic acid groups (broad SMARTS) is 1. The first-order chi connectivity index (χ1) is 15.9. The second kappa shape index (κ2) is 9.84. The fraction of sp³-hybridized carbons (Fsp3) is 0.429. The van der Waals surface area contributed by atoms with Crippen LogP contribution >= 0.6 is 0 Å². The number of rotatable bonds is 8. The average molecular weight is 460 g/mol. The third-order valence-electron chi connectivity index (χ3n) is 5.44. The van der Waals surface area contributed by atoms with E-state index in [0.29, 0.717) is 35.7 Å². The Hall–Kier alpha value is -3.70. The first kappa shape index (κ1) is 22.5. The molecule has 0 aliphatic heterocycles. The lowest BCUT2D eigenvalue weighted by Gasteiger charge is -2.27. The minimum absolute atomic E-state index is 0.0105. The van der Waals surface area contributed by atoms with Crippen molar-refractivity contribution in [1.82, 2.24) is 29.9 Å². The number of nitrogens with zero attached hydrogens (tertiary/aromatic N) is 6. The van der Waals surface area contributed by atoms with Crippen LogP contribution in [-0.2, 0) is 18.4 Å². The third kappa shape index (κ3) is 5.38. The molecule has 0 spiro atoms. The van der Waals surface area contributed by atoms with Gasteiger partial charge in [-0.2, -0.15) is 0 Å². The van der Waals surface area contributed by atoms with Crippen LogP contribution in [0.3, 0.4) is 0 Å². The normalized spacial score (nSPS) is 18.3. The topological polar surface area (TPSA) is 125 Å². The van der Waals surface area contributed by atoms with Crippen molar-refractivity contribution in [3.63, 3.8) is 0 Å². The van der Waals surface area contributed by atoms with E-state index in [1.165, 1.54) is 4.68 Å². The van der Waals surface area contributed by atoms with Crippen LogP contribution in [0.15, 0.2) is 30.7 Å². The zero-order chi connectivity index (χ0) is 23.4. The number of aryl methyl sites for hydroxylation is 1. The molecule has 1 aliphatic rings. The smallest absolute Gasteiger partial charge is 0.306 e. The van der Waals surface area contributed by atoms with Gasteiger partial charge in [0.15, 0.2) is 0 Å². The summed E-state index contributed by atoms with van der Waals surface area (Å²) in [5, 5.41) is 17.4. The van der Waals surface area contributed by atoms with E-state index in [9.17, 15) is 18.7 Å². The molecular weight excluding hydrogens is 438 g/mol. The van der Waals surface area contributed by atoms with E-state index in [-0.39, 0.29) is 24.5 Å². The van der Waals surface area contributed by atoms with E-state index >= 15 is 0 Å². The van der Waals surface area contributed by atoms with E-state index in [1.807, 2.05) is 0 Å². The molecule has 0 saturated heterocycles. The van der Waals surface area contributed by atoms with Crippen molar-refractivity contribution >= 4 is 5.97 Å². The van der Waals surface area contributed by atoms with Gasteiger partial charge < -0.3 is 14.6 Å². The monoisotopic (exact) mass is 460 g/mol. The molecule has 1 aliphatic carbocycles. The molecule has 0 bridgehead atoms. The van der Waals surface area contributed by atoms with Crippen LogP contribution in [0, 0.1) is 5.92 Å². The number of carbonyl (C=O) groups is 1. The van der Waals surface area contributed by atoms with Crippen LogP contribution in [-0.4, -0.2) is 47.1 Å². The first-order valence-electron chi connectivity index (χ1n) is 10.4. The summed E-state index contributed by atoms with van der Waals surface area (Å²) in [6.07, 6.45) is 2.43. The Kier molecular flexibility index (Phi) is 6.71. The zero-order valence-electron chi connectivity index (χ0n) is 17.8. The van der Waals surface area contributed by atoms with Gasteiger partial charge in [0.05, 0.1) is 23.9 Å². The van der Waals surface area contributed by atoms with E-state index in [0.717, 1.165) is 25.2 Å². The number of alkyl halides is 2. The first-order valence-corrected chi connectivity index (χ1v) is 10.4. The molecule has 12 heteroatoms. The van der Waals surface area contributed by atoms with Gasteiger partial charge in [0.1, 0.15) is 35.8 Å². The summed E-state index contributed by atoms with van der Waals surface area (Å²) in [6, 6.07) is 4.55. The van der Waals surface area contributed by atoms with Crippen molar-refractivity contribution in [2.45, 2.75) is 44.8 Å². The molecular formula is C21H22F2N6O4. The molecule has 1 saturated carbocycles. The Morgan fingerprint density at radius 1 is 1.27 bits per heavy atom. The van der Waals surface area contributed by atoms with Crippen molar-refractivity contribution in [3.8, 4) is 23.0 Å². The van der Waals surface area contributed by atoms with Gasteiger partial charge in [0.2, 0.25) is 5.88 Å². The second-order valence-electron chi connectivity index (χ2n) is 7.70. The summed E-state index contributed by atoms with van der Waals surface area (Å²) in [7, 11) is 1.68. The number of aromatic nitrogens is 6. The molecule has 1 fully saturated rings. The minimum Gasteiger partial charge on any atom is -0.489 e. The van der Waals surface area contributed by atoms with Crippen LogP contribution in [0.25, 0.3) is 11.4 Å². The Balaban J connectivity index is 1.43. The molecule has 2 atom stereocenters. The number of hydrogen-bond acceptors (Lipinski definition) is 8. The molecule has 0 aromatic carbocycles. The van der Waals surface area contributed by atoms with Crippen LogP contribution in [0.1, 0.15) is 43.5 Å². The summed E-state index contributed by atoms with van der Waals surface area (Å²) in [5.74, 6) is -0.625. The van der Waals surface area contributed by atoms with Gasteiger partial charge in [-0.3, -0.25) is 9.78 Å². The van der Waals surface area contributed by atoms with E-state index < -0.39 is 18.1 Å². The fourth-order valence-corrected chi connectivity index (χ4v) is 3.69. The van der Waals surface area contributed by atoms with Crippen molar-refractivity contribution in [1.29, 1.82) is 0 Å². The van der Waals surface area contributed by atoms with E-state index in [1.54, 1.807) is 25.4 Å². The number of hydrogen-bond donors (Lipinski definition) is 1. The highest BCUT2D eigenvalue weighted by Crippen LogP contribution is 2.29. The summed E-state index contributed by atoms with van der Waals surface area (Å²) in [6.45, 7) is -0.0168. The maximum Gasteiger partial charge on any atom is 0.306 e. The molecule has 1 N–H and O–H groups in total. The van der Waals surface area contributed by atoms with E-state index in [4.69, 9.17) is 9.47 Å². The Morgan fingerprint density at radius 2 is 2.12 bits per heavy atom. The summed E-state index contributed by atoms with van der Waals surface area (Å²) in [4.78, 5) is 23.0. The van der Waals surface area contributed by atoms with Gasteiger partial charge in [-0.05, 0) is 37.8 Å². The number of halogens is 2. The SMILES string of the molecule is Cn1nnc(-c2ccc(O[C@H]3CCC[C@H](C(=O)O)C3)cn2)c1COc1cc(C(F)F)ncn1. The van der Waals surface area contributed by atoms with Gasteiger partial charge in [0, 0.05) is 13.1 Å². The molecule has 0 radical (unpaired) electrons. The number of ether oxygens (including phenoxy) is 2. The molecule has 3 aromatic rings. The quantitative estimate of drug-likeness (QED) is 0.539. The van der Waals surface area contributed by atoms with Crippen molar-refractivity contribution in [3.05, 3.63) is 42.1 Å². The Morgan fingerprint density at radius 3 is 2.85 bits per heavy atom. The lowest BCUT2D eigenvalue weighted by molar-refractivity contribution is -0.143. The van der Waals surface area contributed by atoms with Gasteiger partial charge in [-0.25, -0.2) is 23.4 Å². The fourth-order valence-electron chi connectivity index (χ4n) is 3.69. The third-order valence-corrected chi connectivity index (χ3v) is 5.44.